The molecule has 0 aliphatic carbocycles. The zero-order chi connectivity index (χ0) is 18.0. The number of amides is 1. The van der Waals surface area contributed by atoms with Gasteiger partial charge in [0, 0.05) is 6.54 Å². The Labute approximate surface area is 142 Å². The molecule has 7 heteroatoms. The Bertz CT molecular complexity index is 538. The van der Waals surface area contributed by atoms with Gasteiger partial charge in [0.05, 0.1) is 19.3 Å². The van der Waals surface area contributed by atoms with Crippen LogP contribution < -0.4 is 10.1 Å². The van der Waals surface area contributed by atoms with E-state index in [-0.39, 0.29) is 6.79 Å². The fourth-order valence-electron chi connectivity index (χ4n) is 1.67. The molecule has 0 atom stereocenters. The monoisotopic (exact) mass is 339 g/mol. The van der Waals surface area contributed by atoms with Crippen LogP contribution in [0.25, 0.3) is 0 Å². The first-order chi connectivity index (χ1) is 11.3. The van der Waals surface area contributed by atoms with Gasteiger partial charge < -0.3 is 24.3 Å². The molecule has 0 heterocycles. The first-order valence-electron chi connectivity index (χ1n) is 7.67. The molecule has 0 fully saturated rings. The first kappa shape index (κ1) is 19.8. The Kier molecular flexibility index (Phi) is 8.05. The van der Waals surface area contributed by atoms with Crippen molar-refractivity contribution in [3.63, 3.8) is 0 Å². The Morgan fingerprint density at radius 2 is 1.96 bits per heavy atom. The zero-order valence-electron chi connectivity index (χ0n) is 14.6. The molecule has 0 aromatic heterocycles. The molecule has 0 radical (unpaired) electrons. The highest BCUT2D eigenvalue weighted by atomic mass is 16.7. The number of hydrogen-bond acceptors (Lipinski definition) is 6. The van der Waals surface area contributed by atoms with Crippen molar-refractivity contribution < 1.29 is 28.5 Å². The Morgan fingerprint density at radius 3 is 2.62 bits per heavy atom. The first-order valence-corrected chi connectivity index (χ1v) is 7.67. The average molecular weight is 339 g/mol. The maximum Gasteiger partial charge on any atom is 0.407 e. The van der Waals surface area contributed by atoms with Gasteiger partial charge in [-0.15, -0.1) is 0 Å². The van der Waals surface area contributed by atoms with E-state index in [4.69, 9.17) is 18.9 Å². The summed E-state index contributed by atoms with van der Waals surface area (Å²) >= 11 is 0. The van der Waals surface area contributed by atoms with Gasteiger partial charge >= 0.3 is 12.1 Å². The van der Waals surface area contributed by atoms with Gasteiger partial charge in [-0.05, 0) is 45.4 Å². The summed E-state index contributed by atoms with van der Waals surface area (Å²) in [6.07, 6.45) is 0.114. The van der Waals surface area contributed by atoms with Gasteiger partial charge in [0.15, 0.2) is 6.79 Å². The van der Waals surface area contributed by atoms with Crippen molar-refractivity contribution in [1.29, 1.82) is 0 Å². The number of ether oxygens (including phenoxy) is 4. The largest absolute Gasteiger partial charge is 0.497 e. The van der Waals surface area contributed by atoms with E-state index in [1.54, 1.807) is 45.0 Å². The molecule has 0 aliphatic heterocycles. The second-order valence-electron chi connectivity index (χ2n) is 5.97. The van der Waals surface area contributed by atoms with Gasteiger partial charge in [0.25, 0.3) is 0 Å². The van der Waals surface area contributed by atoms with E-state index in [1.807, 2.05) is 0 Å². The summed E-state index contributed by atoms with van der Waals surface area (Å²) in [7, 11) is 1.53. The Hall–Kier alpha value is -2.28. The molecule has 0 unspecified atom stereocenters. The van der Waals surface area contributed by atoms with Crippen LogP contribution in [-0.4, -0.2) is 44.7 Å². The van der Waals surface area contributed by atoms with E-state index in [1.165, 1.54) is 7.11 Å². The van der Waals surface area contributed by atoms with E-state index >= 15 is 0 Å². The topological polar surface area (TPSA) is 83.1 Å². The molecular formula is C17H25NO6. The lowest BCUT2D eigenvalue weighted by Crippen LogP contribution is -2.33. The third-order valence-corrected chi connectivity index (χ3v) is 2.71. The minimum atomic E-state index is -0.519. The number of benzene rings is 1. The van der Waals surface area contributed by atoms with Crippen LogP contribution in [-0.2, 0) is 14.2 Å². The number of methoxy groups -OCH3 is 1. The number of carbonyl (C=O) groups excluding carboxylic acids is 2. The fraction of sp³-hybridized carbons (Fsp3) is 0.529. The minimum Gasteiger partial charge on any atom is -0.497 e. The fourth-order valence-corrected chi connectivity index (χ4v) is 1.67. The van der Waals surface area contributed by atoms with Gasteiger partial charge in [-0.3, -0.25) is 0 Å². The van der Waals surface area contributed by atoms with Crippen molar-refractivity contribution in [3.05, 3.63) is 29.8 Å². The van der Waals surface area contributed by atoms with E-state index < -0.39 is 17.7 Å². The summed E-state index contributed by atoms with van der Waals surface area (Å²) < 4.78 is 20.3. The summed E-state index contributed by atoms with van der Waals surface area (Å²) in [6.45, 7) is 6.01. The molecule has 0 spiro atoms. The Balaban J connectivity index is 2.11. The van der Waals surface area contributed by atoms with Gasteiger partial charge in [0.2, 0.25) is 0 Å². The highest BCUT2D eigenvalue weighted by Gasteiger charge is 2.15. The normalized spacial score (nSPS) is 10.8. The van der Waals surface area contributed by atoms with E-state index in [0.717, 1.165) is 0 Å². The maximum absolute atomic E-state index is 11.8. The quantitative estimate of drug-likeness (QED) is 0.445. The van der Waals surface area contributed by atoms with Crippen LogP contribution in [0.1, 0.15) is 37.6 Å². The molecule has 0 bridgehead atoms. The number of esters is 1. The summed E-state index contributed by atoms with van der Waals surface area (Å²) in [6, 6.07) is 6.67. The molecule has 0 saturated carbocycles. The number of hydrogen-bond donors (Lipinski definition) is 1. The van der Waals surface area contributed by atoms with Crippen molar-refractivity contribution in [2.75, 3.05) is 27.1 Å². The van der Waals surface area contributed by atoms with Crippen LogP contribution in [0, 0.1) is 0 Å². The lowest BCUT2D eigenvalue weighted by Gasteiger charge is -2.19. The predicted octanol–water partition coefficient (Wildman–Crippen LogP) is 2.74. The summed E-state index contributed by atoms with van der Waals surface area (Å²) in [4.78, 5) is 23.2. The average Bonchev–Trinajstić information content (AvgIpc) is 2.52. The van der Waals surface area contributed by atoms with Gasteiger partial charge in [-0.1, -0.05) is 6.07 Å². The third kappa shape index (κ3) is 8.38. The number of nitrogens with one attached hydrogen (secondary N) is 1. The lowest BCUT2D eigenvalue weighted by molar-refractivity contribution is -0.0318. The molecule has 1 amide bonds. The van der Waals surface area contributed by atoms with Gasteiger partial charge in [-0.25, -0.2) is 9.59 Å². The summed E-state index contributed by atoms with van der Waals surface area (Å²) in [5.41, 5.74) is -0.126. The minimum absolute atomic E-state index is 0.150. The second-order valence-corrected chi connectivity index (χ2v) is 5.97. The zero-order valence-corrected chi connectivity index (χ0v) is 14.6. The highest BCUT2D eigenvalue weighted by Crippen LogP contribution is 2.13. The van der Waals surface area contributed by atoms with Crippen LogP contribution in [0.2, 0.25) is 0 Å². The van der Waals surface area contributed by atoms with Crippen molar-refractivity contribution in [2.45, 2.75) is 32.8 Å². The molecule has 1 aromatic rings. The van der Waals surface area contributed by atoms with Crippen molar-refractivity contribution in [2.24, 2.45) is 0 Å². The number of carbonyl (C=O) groups is 2. The van der Waals surface area contributed by atoms with Crippen LogP contribution in [0.15, 0.2) is 24.3 Å². The van der Waals surface area contributed by atoms with Crippen LogP contribution >= 0.6 is 0 Å². The highest BCUT2D eigenvalue weighted by molar-refractivity contribution is 5.89. The van der Waals surface area contributed by atoms with E-state index in [9.17, 15) is 9.59 Å². The van der Waals surface area contributed by atoms with Crippen LogP contribution in [0.5, 0.6) is 5.75 Å². The molecule has 0 saturated heterocycles. The van der Waals surface area contributed by atoms with Crippen LogP contribution in [0.3, 0.4) is 0 Å². The molecule has 1 aromatic carbocycles. The van der Waals surface area contributed by atoms with Gasteiger partial charge in [-0.2, -0.15) is 0 Å². The predicted molar refractivity (Wildman–Crippen MR) is 88.1 cm³/mol. The van der Waals surface area contributed by atoms with Gasteiger partial charge in [0.1, 0.15) is 11.4 Å². The molecule has 1 N–H and O–H groups in total. The SMILES string of the molecule is COc1cccc(C(=O)OCOCCCNC(=O)OC(C)(C)C)c1. The smallest absolute Gasteiger partial charge is 0.407 e. The van der Waals surface area contributed by atoms with Crippen molar-refractivity contribution >= 4 is 12.1 Å². The molecule has 24 heavy (non-hydrogen) atoms. The number of alkyl carbamates (subject to hydrolysis) is 1. The molecular weight excluding hydrogens is 314 g/mol. The second kappa shape index (κ2) is 9.77. The summed E-state index contributed by atoms with van der Waals surface area (Å²) in [5, 5.41) is 2.61. The lowest BCUT2D eigenvalue weighted by atomic mass is 10.2. The summed E-state index contributed by atoms with van der Waals surface area (Å²) in [5.74, 6) is 0.0966. The Morgan fingerprint density at radius 1 is 1.21 bits per heavy atom. The standard InChI is InChI=1S/C17H25NO6/c1-17(2,3)24-16(20)18-9-6-10-22-12-23-15(19)13-7-5-8-14(11-13)21-4/h5,7-8,11H,6,9-10,12H2,1-4H3,(H,18,20). The molecule has 134 valence electrons. The molecule has 1 rings (SSSR count). The molecule has 7 nitrogen and oxygen atoms in total. The van der Waals surface area contributed by atoms with Crippen molar-refractivity contribution in [3.8, 4) is 5.75 Å². The van der Waals surface area contributed by atoms with E-state index in [2.05, 4.69) is 5.32 Å². The maximum atomic E-state index is 11.8. The van der Waals surface area contributed by atoms with Crippen LogP contribution in [0.4, 0.5) is 4.79 Å². The van der Waals surface area contributed by atoms with Crippen molar-refractivity contribution in [1.82, 2.24) is 5.32 Å². The molecule has 0 aliphatic rings. The third-order valence-electron chi connectivity index (χ3n) is 2.71. The van der Waals surface area contributed by atoms with E-state index in [0.29, 0.717) is 30.9 Å². The number of rotatable bonds is 8.